The Morgan fingerprint density at radius 3 is 2.85 bits per heavy atom. The number of carbonyl (C=O) groups is 1. The van der Waals surface area contributed by atoms with Gasteiger partial charge in [0, 0.05) is 22.0 Å². The lowest BCUT2D eigenvalue weighted by molar-refractivity contribution is 0.0917. The van der Waals surface area contributed by atoms with Gasteiger partial charge in [-0.1, -0.05) is 28.1 Å². The van der Waals surface area contributed by atoms with E-state index in [-0.39, 0.29) is 12.0 Å². The molecule has 26 heavy (non-hydrogen) atoms. The summed E-state index contributed by atoms with van der Waals surface area (Å²) in [4.78, 5) is 19.4. The van der Waals surface area contributed by atoms with E-state index in [1.165, 1.54) is 23.9 Å². The molecule has 0 saturated carbocycles. The highest BCUT2D eigenvalue weighted by molar-refractivity contribution is 9.10. The maximum absolute atomic E-state index is 13.0. The van der Waals surface area contributed by atoms with Crippen molar-refractivity contribution < 1.29 is 13.9 Å². The third-order valence-corrected chi connectivity index (χ3v) is 5.68. The first-order chi connectivity index (χ1) is 12.7. The molecule has 3 heterocycles. The summed E-state index contributed by atoms with van der Waals surface area (Å²) in [6, 6.07) is 9.65. The number of thiazole rings is 1. The van der Waals surface area contributed by atoms with Crippen molar-refractivity contribution >= 4 is 38.3 Å². The highest BCUT2D eigenvalue weighted by Crippen LogP contribution is 2.30. The molecule has 1 saturated heterocycles. The lowest BCUT2D eigenvalue weighted by Gasteiger charge is -2.22. The van der Waals surface area contributed by atoms with Crippen molar-refractivity contribution in [1.29, 1.82) is 0 Å². The van der Waals surface area contributed by atoms with E-state index in [1.807, 2.05) is 29.6 Å². The molecule has 2 aromatic heterocycles. The fraction of sp³-hybridized carbons (Fsp3) is 0.263. The van der Waals surface area contributed by atoms with Gasteiger partial charge in [0.25, 0.3) is 5.91 Å². The molecule has 5 nitrogen and oxygen atoms in total. The van der Waals surface area contributed by atoms with E-state index in [0.717, 1.165) is 35.2 Å². The number of amides is 1. The normalized spacial score (nSPS) is 16.7. The first kappa shape index (κ1) is 17.5. The Balaban J connectivity index is 1.62. The molecule has 3 aromatic rings. The third-order valence-electron chi connectivity index (χ3n) is 4.29. The molecule has 1 aliphatic heterocycles. The first-order valence-electron chi connectivity index (χ1n) is 8.38. The van der Waals surface area contributed by atoms with E-state index in [1.54, 1.807) is 11.0 Å². The number of hydrogen-bond donors (Lipinski definition) is 0. The van der Waals surface area contributed by atoms with E-state index >= 15 is 0 Å². The molecule has 4 rings (SSSR count). The summed E-state index contributed by atoms with van der Waals surface area (Å²) in [6.07, 6.45) is 5.01. The van der Waals surface area contributed by atoms with E-state index in [4.69, 9.17) is 14.1 Å². The maximum atomic E-state index is 13.0. The third kappa shape index (κ3) is 3.75. The van der Waals surface area contributed by atoms with Gasteiger partial charge >= 0.3 is 0 Å². The van der Waals surface area contributed by atoms with Crippen LogP contribution in [-0.4, -0.2) is 30.1 Å². The van der Waals surface area contributed by atoms with Crippen LogP contribution in [0.15, 0.2) is 57.1 Å². The van der Waals surface area contributed by atoms with Gasteiger partial charge in [0.15, 0.2) is 5.13 Å². The predicted octanol–water partition coefficient (Wildman–Crippen LogP) is 4.99. The topological polar surface area (TPSA) is 55.6 Å². The van der Waals surface area contributed by atoms with Gasteiger partial charge < -0.3 is 9.15 Å². The minimum absolute atomic E-state index is 0.0471. The van der Waals surface area contributed by atoms with Gasteiger partial charge in [-0.2, -0.15) is 0 Å². The molecule has 0 N–H and O–H groups in total. The van der Waals surface area contributed by atoms with Crippen LogP contribution in [0.2, 0.25) is 0 Å². The summed E-state index contributed by atoms with van der Waals surface area (Å²) < 4.78 is 11.8. The Morgan fingerprint density at radius 2 is 2.15 bits per heavy atom. The van der Waals surface area contributed by atoms with Crippen LogP contribution in [0.25, 0.3) is 11.3 Å². The van der Waals surface area contributed by atoms with E-state index in [0.29, 0.717) is 17.2 Å². The van der Waals surface area contributed by atoms with Crippen LogP contribution in [0.1, 0.15) is 23.2 Å². The summed E-state index contributed by atoms with van der Waals surface area (Å²) in [5, 5.41) is 2.65. The van der Waals surface area contributed by atoms with Crippen molar-refractivity contribution in [3.63, 3.8) is 0 Å². The molecule has 0 spiro atoms. The number of rotatable bonds is 5. The zero-order valence-corrected chi connectivity index (χ0v) is 16.3. The number of anilines is 1. The Kier molecular flexibility index (Phi) is 5.19. The number of halogens is 1. The Labute approximate surface area is 163 Å². The van der Waals surface area contributed by atoms with Crippen molar-refractivity contribution in [3.8, 4) is 11.3 Å². The average molecular weight is 433 g/mol. The number of hydrogen-bond acceptors (Lipinski definition) is 5. The van der Waals surface area contributed by atoms with Crippen LogP contribution in [0, 0.1) is 0 Å². The molecule has 134 valence electrons. The molecular formula is C19H17BrN2O3S. The molecule has 0 bridgehead atoms. The maximum Gasteiger partial charge on any atom is 0.263 e. The molecule has 1 atom stereocenters. The summed E-state index contributed by atoms with van der Waals surface area (Å²) >= 11 is 4.90. The van der Waals surface area contributed by atoms with Gasteiger partial charge in [-0.25, -0.2) is 4.98 Å². The zero-order chi connectivity index (χ0) is 17.9. The van der Waals surface area contributed by atoms with Gasteiger partial charge in [0.1, 0.15) is 6.26 Å². The number of aromatic nitrogens is 1. The summed E-state index contributed by atoms with van der Waals surface area (Å²) in [6.45, 7) is 1.25. The van der Waals surface area contributed by atoms with Crippen LogP contribution in [0.5, 0.6) is 0 Å². The van der Waals surface area contributed by atoms with E-state index < -0.39 is 0 Å². The largest absolute Gasteiger partial charge is 0.472 e. The fourth-order valence-electron chi connectivity index (χ4n) is 2.92. The highest BCUT2D eigenvalue weighted by atomic mass is 79.9. The van der Waals surface area contributed by atoms with Gasteiger partial charge in [-0.05, 0) is 31.0 Å². The summed E-state index contributed by atoms with van der Waals surface area (Å²) in [5.74, 6) is -0.119. The first-order valence-corrected chi connectivity index (χ1v) is 10.0. The van der Waals surface area contributed by atoms with Crippen molar-refractivity contribution in [1.82, 2.24) is 4.98 Å². The molecule has 0 radical (unpaired) electrons. The molecule has 7 heteroatoms. The smallest absolute Gasteiger partial charge is 0.263 e. The fourth-order valence-corrected chi connectivity index (χ4v) is 4.03. The molecule has 1 aliphatic rings. The Hall–Kier alpha value is -1.96. The average Bonchev–Trinajstić information content (AvgIpc) is 3.42. The predicted molar refractivity (Wildman–Crippen MR) is 105 cm³/mol. The molecule has 0 aliphatic carbocycles. The number of carbonyl (C=O) groups excluding carboxylic acids is 1. The Bertz CT molecular complexity index is 871. The molecule has 0 unspecified atom stereocenters. The van der Waals surface area contributed by atoms with Crippen LogP contribution in [0.4, 0.5) is 5.13 Å². The Morgan fingerprint density at radius 1 is 1.31 bits per heavy atom. The summed E-state index contributed by atoms with van der Waals surface area (Å²) in [5.41, 5.74) is 2.39. The lowest BCUT2D eigenvalue weighted by Crippen LogP contribution is -2.37. The lowest BCUT2D eigenvalue weighted by atomic mass is 10.2. The van der Waals surface area contributed by atoms with E-state index in [2.05, 4.69) is 15.9 Å². The van der Waals surface area contributed by atoms with Crippen molar-refractivity contribution in [2.24, 2.45) is 0 Å². The van der Waals surface area contributed by atoms with Gasteiger partial charge in [0.05, 0.1) is 30.2 Å². The van der Waals surface area contributed by atoms with Crippen LogP contribution < -0.4 is 4.90 Å². The number of nitrogens with zero attached hydrogens (tertiary/aromatic N) is 2. The quantitative estimate of drug-likeness (QED) is 0.569. The van der Waals surface area contributed by atoms with Crippen LogP contribution in [0.3, 0.4) is 0 Å². The van der Waals surface area contributed by atoms with Crippen molar-refractivity contribution in [3.05, 3.63) is 58.3 Å². The molecule has 1 aromatic carbocycles. The second kappa shape index (κ2) is 7.73. The monoisotopic (exact) mass is 432 g/mol. The number of ether oxygens (including phenoxy) is 1. The van der Waals surface area contributed by atoms with Crippen molar-refractivity contribution in [2.75, 3.05) is 18.1 Å². The van der Waals surface area contributed by atoms with Crippen molar-refractivity contribution in [2.45, 2.75) is 18.9 Å². The van der Waals surface area contributed by atoms with Gasteiger partial charge in [0.2, 0.25) is 0 Å². The van der Waals surface area contributed by atoms with Crippen LogP contribution in [-0.2, 0) is 4.74 Å². The summed E-state index contributed by atoms with van der Waals surface area (Å²) in [7, 11) is 0. The van der Waals surface area contributed by atoms with E-state index in [9.17, 15) is 4.79 Å². The minimum atomic E-state index is -0.119. The standard InChI is InChI=1S/C19H17BrN2O3S/c20-15-5-3-13(4-6-15)17-12-26-19(21-17)22(10-16-2-1-8-25-16)18(23)14-7-9-24-11-14/h3-7,9,11-12,16H,1-2,8,10H2/t16-/m1/s1. The zero-order valence-electron chi connectivity index (χ0n) is 13.9. The molecular weight excluding hydrogens is 416 g/mol. The van der Waals surface area contributed by atoms with Crippen LogP contribution >= 0.6 is 27.3 Å². The molecule has 1 amide bonds. The molecule has 1 fully saturated rings. The van der Waals surface area contributed by atoms with Gasteiger partial charge in [-0.3, -0.25) is 9.69 Å². The highest BCUT2D eigenvalue weighted by Gasteiger charge is 2.27. The minimum Gasteiger partial charge on any atom is -0.472 e. The number of benzene rings is 1. The van der Waals surface area contributed by atoms with Gasteiger partial charge in [-0.15, -0.1) is 11.3 Å². The second-order valence-electron chi connectivity index (χ2n) is 6.09. The second-order valence-corrected chi connectivity index (χ2v) is 7.84. The number of furan rings is 1. The SMILES string of the molecule is O=C(c1ccoc1)N(C[C@H]1CCCO1)c1nc(-c2ccc(Br)cc2)cs1.